The van der Waals surface area contributed by atoms with Gasteiger partial charge in [0.25, 0.3) is 0 Å². The van der Waals surface area contributed by atoms with Crippen LogP contribution in [0.15, 0.2) is 23.1 Å². The van der Waals surface area contributed by atoms with Crippen molar-refractivity contribution in [2.75, 3.05) is 13.1 Å². The van der Waals surface area contributed by atoms with Gasteiger partial charge >= 0.3 is 0 Å². The molecule has 8 heteroatoms. The van der Waals surface area contributed by atoms with E-state index in [2.05, 4.69) is 10.0 Å². The van der Waals surface area contributed by atoms with Gasteiger partial charge in [-0.05, 0) is 51.1 Å². The molecule has 3 rings (SSSR count). The van der Waals surface area contributed by atoms with E-state index in [1.54, 1.807) is 12.1 Å². The van der Waals surface area contributed by atoms with E-state index < -0.39 is 10.0 Å². The molecule has 0 unspecified atom stereocenters. The predicted octanol–water partition coefficient (Wildman–Crippen LogP) is 3.32. The molecule has 22 heavy (non-hydrogen) atoms. The summed E-state index contributed by atoms with van der Waals surface area (Å²) in [7, 11) is -3.52. The number of hydrogen-bond acceptors (Lipinski definition) is 4. The van der Waals surface area contributed by atoms with Crippen molar-refractivity contribution in [2.24, 2.45) is 0 Å². The molecule has 2 heterocycles. The fourth-order valence-corrected chi connectivity index (χ4v) is 5.98. The molecular weight excluding hydrogens is 363 g/mol. The number of fused-ring (bicyclic) bond motifs is 1. The highest BCUT2D eigenvalue weighted by atomic mass is 35.5. The second-order valence-electron chi connectivity index (χ2n) is 5.27. The smallest absolute Gasteiger partial charge is 0.242 e. The Hall–Kier alpha value is -0.370. The normalized spacial score (nSPS) is 16.6. The maximum atomic E-state index is 12.7. The number of sulfonamides is 1. The number of nitrogens with one attached hydrogen (secondary N) is 2. The van der Waals surface area contributed by atoms with E-state index in [1.165, 1.54) is 11.3 Å². The number of rotatable bonds is 3. The molecule has 1 aromatic heterocycles. The molecule has 0 spiro atoms. The average molecular weight is 381 g/mol. The number of piperidine rings is 1. The number of thiophene rings is 1. The van der Waals surface area contributed by atoms with Gasteiger partial charge in [0.1, 0.15) is 4.90 Å². The van der Waals surface area contributed by atoms with Gasteiger partial charge in [0.2, 0.25) is 10.0 Å². The number of halogens is 2. The lowest BCUT2D eigenvalue weighted by atomic mass is 10.1. The summed E-state index contributed by atoms with van der Waals surface area (Å²) in [5.41, 5.74) is 0. The SMILES string of the molecule is Cc1sc2ccc(Cl)cc2c1S(=O)(=O)NC1CCNCC1.Cl. The van der Waals surface area contributed by atoms with Crippen LogP contribution >= 0.6 is 35.3 Å². The standard InChI is InChI=1S/C14H17ClN2O2S2.ClH/c1-9-14(12-8-10(15)2-3-13(12)20-9)21(18,19)17-11-4-6-16-7-5-11;/h2-3,8,11,16-17H,4-7H2,1H3;1H. The fourth-order valence-electron chi connectivity index (χ4n) is 2.72. The second-order valence-corrected chi connectivity index (χ2v) is 8.62. The van der Waals surface area contributed by atoms with Gasteiger partial charge in [-0.25, -0.2) is 13.1 Å². The van der Waals surface area contributed by atoms with Crippen molar-refractivity contribution in [2.45, 2.75) is 30.7 Å². The van der Waals surface area contributed by atoms with Gasteiger partial charge in [-0.2, -0.15) is 0 Å². The average Bonchev–Trinajstić information content (AvgIpc) is 2.75. The van der Waals surface area contributed by atoms with Crippen molar-refractivity contribution < 1.29 is 8.42 Å². The minimum atomic E-state index is -3.52. The Morgan fingerprint density at radius 2 is 2.00 bits per heavy atom. The maximum absolute atomic E-state index is 12.7. The van der Waals surface area contributed by atoms with Crippen LogP contribution in [0.1, 0.15) is 17.7 Å². The Kier molecular flexibility index (Phi) is 5.74. The molecule has 2 N–H and O–H groups in total. The summed E-state index contributed by atoms with van der Waals surface area (Å²) in [6, 6.07) is 5.40. The van der Waals surface area contributed by atoms with Crippen LogP contribution in [0.4, 0.5) is 0 Å². The van der Waals surface area contributed by atoms with Crippen molar-refractivity contribution in [1.29, 1.82) is 0 Å². The Morgan fingerprint density at radius 1 is 1.32 bits per heavy atom. The first-order valence-corrected chi connectivity index (χ1v) is 9.57. The van der Waals surface area contributed by atoms with E-state index in [-0.39, 0.29) is 18.4 Å². The maximum Gasteiger partial charge on any atom is 0.242 e. The highest BCUT2D eigenvalue weighted by Gasteiger charge is 2.26. The minimum absolute atomic E-state index is 0. The molecule has 0 bridgehead atoms. The van der Waals surface area contributed by atoms with Gasteiger partial charge in [0, 0.05) is 26.0 Å². The van der Waals surface area contributed by atoms with Crippen LogP contribution in [-0.4, -0.2) is 27.5 Å². The minimum Gasteiger partial charge on any atom is -0.317 e. The summed E-state index contributed by atoms with van der Waals surface area (Å²) in [4.78, 5) is 1.18. The number of hydrogen-bond donors (Lipinski definition) is 2. The molecule has 122 valence electrons. The summed E-state index contributed by atoms with van der Waals surface area (Å²) in [6.45, 7) is 3.54. The van der Waals surface area contributed by atoms with Crippen molar-refractivity contribution in [3.05, 3.63) is 28.1 Å². The topological polar surface area (TPSA) is 58.2 Å². The van der Waals surface area contributed by atoms with E-state index in [0.717, 1.165) is 35.5 Å². The van der Waals surface area contributed by atoms with Crippen LogP contribution in [0, 0.1) is 6.92 Å². The number of benzene rings is 1. The summed E-state index contributed by atoms with van der Waals surface area (Å²) >= 11 is 7.51. The molecule has 1 aliphatic heterocycles. The van der Waals surface area contributed by atoms with Gasteiger partial charge in [-0.3, -0.25) is 0 Å². The largest absolute Gasteiger partial charge is 0.317 e. The molecule has 0 aliphatic carbocycles. The fraction of sp³-hybridized carbons (Fsp3) is 0.429. The zero-order chi connectivity index (χ0) is 15.0. The first kappa shape index (κ1) is 18.0. The Bertz CT molecular complexity index is 768. The third-order valence-corrected chi connectivity index (χ3v) is 6.86. The highest BCUT2D eigenvalue weighted by molar-refractivity contribution is 7.90. The van der Waals surface area contributed by atoms with Gasteiger partial charge in [-0.15, -0.1) is 23.7 Å². The molecule has 0 saturated carbocycles. The summed E-state index contributed by atoms with van der Waals surface area (Å²) in [5, 5.41) is 4.50. The summed E-state index contributed by atoms with van der Waals surface area (Å²) < 4.78 is 29.3. The van der Waals surface area contributed by atoms with Crippen LogP contribution < -0.4 is 10.0 Å². The predicted molar refractivity (Wildman–Crippen MR) is 95.0 cm³/mol. The molecular formula is C14H18Cl2N2O2S2. The van der Waals surface area contributed by atoms with Gasteiger partial charge in [0.05, 0.1) is 0 Å². The monoisotopic (exact) mass is 380 g/mol. The van der Waals surface area contributed by atoms with E-state index in [9.17, 15) is 8.42 Å². The van der Waals surface area contributed by atoms with Gasteiger partial charge in [0.15, 0.2) is 0 Å². The van der Waals surface area contributed by atoms with Crippen LogP contribution in [0.5, 0.6) is 0 Å². The van der Waals surface area contributed by atoms with Crippen LogP contribution in [0.25, 0.3) is 10.1 Å². The zero-order valence-electron chi connectivity index (χ0n) is 12.1. The van der Waals surface area contributed by atoms with Crippen molar-refractivity contribution >= 4 is 55.5 Å². The van der Waals surface area contributed by atoms with E-state index in [1.807, 2.05) is 13.0 Å². The third-order valence-electron chi connectivity index (χ3n) is 3.70. The quantitative estimate of drug-likeness (QED) is 0.858. The molecule has 2 aromatic rings. The highest BCUT2D eigenvalue weighted by Crippen LogP contribution is 2.35. The first-order valence-electron chi connectivity index (χ1n) is 6.89. The van der Waals surface area contributed by atoms with E-state index >= 15 is 0 Å². The molecule has 1 saturated heterocycles. The number of aryl methyl sites for hydroxylation is 1. The van der Waals surface area contributed by atoms with E-state index in [4.69, 9.17) is 11.6 Å². The van der Waals surface area contributed by atoms with Crippen LogP contribution in [0.2, 0.25) is 5.02 Å². The van der Waals surface area contributed by atoms with Crippen molar-refractivity contribution in [1.82, 2.24) is 10.0 Å². The van der Waals surface area contributed by atoms with Crippen molar-refractivity contribution in [3.8, 4) is 0 Å². The van der Waals surface area contributed by atoms with Gasteiger partial charge < -0.3 is 5.32 Å². The van der Waals surface area contributed by atoms with Crippen LogP contribution in [0.3, 0.4) is 0 Å². The molecule has 0 atom stereocenters. The van der Waals surface area contributed by atoms with E-state index in [0.29, 0.717) is 15.3 Å². The lowest BCUT2D eigenvalue weighted by Gasteiger charge is -2.23. The summed E-state index contributed by atoms with van der Waals surface area (Å²) in [5.74, 6) is 0. The molecule has 1 aromatic carbocycles. The first-order chi connectivity index (χ1) is 9.97. The zero-order valence-corrected chi connectivity index (χ0v) is 15.3. The van der Waals surface area contributed by atoms with Crippen molar-refractivity contribution in [3.63, 3.8) is 0 Å². The Morgan fingerprint density at radius 3 is 2.68 bits per heavy atom. The molecule has 0 radical (unpaired) electrons. The molecule has 0 amide bonds. The Labute approximate surface area is 145 Å². The molecule has 1 aliphatic rings. The lowest BCUT2D eigenvalue weighted by Crippen LogP contribution is -2.42. The third kappa shape index (κ3) is 3.58. The lowest BCUT2D eigenvalue weighted by molar-refractivity contribution is 0.427. The summed E-state index contributed by atoms with van der Waals surface area (Å²) in [6.07, 6.45) is 1.64. The van der Waals surface area contributed by atoms with Gasteiger partial charge in [-0.1, -0.05) is 11.6 Å². The molecule has 4 nitrogen and oxygen atoms in total. The second kappa shape index (κ2) is 7.03. The molecule has 1 fully saturated rings. The van der Waals surface area contributed by atoms with Crippen LogP contribution in [-0.2, 0) is 10.0 Å². The Balaban J connectivity index is 0.00000176.